The Morgan fingerprint density at radius 1 is 0.780 bits per heavy atom. The number of anilines is 6. The standard InChI is InChI=1S/C31H34N8S2/c1-21-19-25(34-37-29-14-15-30(41-29)39-16-6-7-17-39)11-12-26(21)35-33-24-10-13-27(22(2)18-24)36-38-31-32-28(20-40-31)23-8-4-3-5-9-23/h3-5,8-15,18-20,33-37H,6-7,16-17H2,1-2H3,(H,32,38)/p+1. The summed E-state index contributed by atoms with van der Waals surface area (Å²) in [5.74, 6) is 0. The molecular weight excluding hydrogens is 549 g/mol. The molecule has 1 saturated heterocycles. The molecule has 0 spiro atoms. The first-order valence-corrected chi connectivity index (χ1v) is 15.5. The second kappa shape index (κ2) is 12.5. The van der Waals surface area contributed by atoms with E-state index in [9.17, 15) is 0 Å². The van der Waals surface area contributed by atoms with Crippen LogP contribution in [0.2, 0.25) is 0 Å². The van der Waals surface area contributed by atoms with Crippen LogP contribution in [0.1, 0.15) is 24.0 Å². The quantitative estimate of drug-likeness (QED) is 0.0557. The number of rotatable bonds is 11. The molecule has 8 nitrogen and oxygen atoms in total. The van der Waals surface area contributed by atoms with Crippen LogP contribution in [0, 0.1) is 13.8 Å². The zero-order valence-corrected chi connectivity index (χ0v) is 24.8. The van der Waals surface area contributed by atoms with Gasteiger partial charge in [0, 0.05) is 35.7 Å². The predicted octanol–water partition coefficient (Wildman–Crippen LogP) is 7.19. The van der Waals surface area contributed by atoms with E-state index >= 15 is 0 Å². The molecule has 1 aliphatic rings. The summed E-state index contributed by atoms with van der Waals surface area (Å²) in [5.41, 5.74) is 27.3. The Bertz CT molecular complexity index is 1590. The van der Waals surface area contributed by atoms with Gasteiger partial charge in [-0.1, -0.05) is 41.7 Å². The van der Waals surface area contributed by atoms with Crippen molar-refractivity contribution >= 4 is 60.6 Å². The van der Waals surface area contributed by atoms with Crippen LogP contribution >= 0.6 is 22.7 Å². The summed E-state index contributed by atoms with van der Waals surface area (Å²) in [7, 11) is 0. The van der Waals surface area contributed by atoms with Gasteiger partial charge in [0.25, 0.3) is 0 Å². The molecule has 0 radical (unpaired) electrons. The van der Waals surface area contributed by atoms with Crippen molar-refractivity contribution < 1.29 is 5.43 Å². The topological polar surface area (TPSA) is 92.9 Å². The summed E-state index contributed by atoms with van der Waals surface area (Å²) in [6.45, 7) is 6.55. The molecule has 0 aliphatic carbocycles. The molecule has 0 saturated carbocycles. The third kappa shape index (κ3) is 6.74. The van der Waals surface area contributed by atoms with Crippen molar-refractivity contribution in [2.45, 2.75) is 26.7 Å². The van der Waals surface area contributed by atoms with Crippen molar-refractivity contribution in [2.75, 3.05) is 45.1 Å². The average molecular weight is 584 g/mol. The number of hydrazine groups is 2. The molecule has 7 N–H and O–H groups in total. The van der Waals surface area contributed by atoms with Crippen molar-refractivity contribution in [3.63, 3.8) is 0 Å². The largest absolute Gasteiger partial charge is 0.363 e. The minimum atomic E-state index is 0.824. The number of nitrogens with one attached hydrogen (secondary N) is 5. The molecule has 0 atom stereocenters. The number of quaternary nitrogens is 1. The second-order valence-corrected chi connectivity index (χ2v) is 12.0. The molecule has 2 aromatic heterocycles. The van der Waals surface area contributed by atoms with Gasteiger partial charge in [0.2, 0.25) is 5.13 Å². The van der Waals surface area contributed by atoms with Gasteiger partial charge in [-0.15, -0.1) is 11.3 Å². The van der Waals surface area contributed by atoms with Gasteiger partial charge in [0.15, 0.2) is 5.69 Å². The zero-order valence-electron chi connectivity index (χ0n) is 23.2. The lowest BCUT2D eigenvalue weighted by Gasteiger charge is -2.14. The van der Waals surface area contributed by atoms with Crippen molar-refractivity contribution in [1.82, 2.24) is 4.98 Å². The van der Waals surface area contributed by atoms with Gasteiger partial charge in [0.05, 0.1) is 27.8 Å². The molecule has 5 aromatic rings. The number of nitrogen functional groups attached to an aromatic ring is 1. The molecule has 0 amide bonds. The van der Waals surface area contributed by atoms with Crippen LogP contribution in [0.25, 0.3) is 11.3 Å². The summed E-state index contributed by atoms with van der Waals surface area (Å²) >= 11 is 3.37. The first-order chi connectivity index (χ1) is 20.1. The van der Waals surface area contributed by atoms with Crippen LogP contribution < -0.4 is 37.5 Å². The highest BCUT2D eigenvalue weighted by Gasteiger charge is 2.14. The maximum atomic E-state index is 4.68. The van der Waals surface area contributed by atoms with E-state index < -0.39 is 0 Å². The second-order valence-electron chi connectivity index (χ2n) is 10.1. The van der Waals surface area contributed by atoms with Crippen LogP contribution in [0.5, 0.6) is 0 Å². The highest BCUT2D eigenvalue weighted by atomic mass is 32.1. The molecule has 1 fully saturated rings. The minimum absolute atomic E-state index is 0.824. The molecule has 10 heteroatoms. The molecule has 1 aliphatic heterocycles. The first-order valence-electron chi connectivity index (χ1n) is 13.8. The fourth-order valence-corrected chi connectivity index (χ4v) is 6.38. The van der Waals surface area contributed by atoms with Crippen molar-refractivity contribution in [3.8, 4) is 11.3 Å². The predicted molar refractivity (Wildman–Crippen MR) is 175 cm³/mol. The highest BCUT2D eigenvalue weighted by Crippen LogP contribution is 2.32. The van der Waals surface area contributed by atoms with E-state index in [4.69, 9.17) is 0 Å². The van der Waals surface area contributed by atoms with E-state index in [0.717, 1.165) is 49.7 Å². The molecule has 41 heavy (non-hydrogen) atoms. The molecule has 3 aromatic carbocycles. The van der Waals surface area contributed by atoms with E-state index in [-0.39, 0.29) is 0 Å². The maximum absolute atomic E-state index is 4.68. The van der Waals surface area contributed by atoms with Gasteiger partial charge in [-0.3, -0.25) is 16.3 Å². The van der Waals surface area contributed by atoms with Crippen LogP contribution in [0.4, 0.5) is 37.9 Å². The number of nitrogens with two attached hydrogens (primary N) is 1. The van der Waals surface area contributed by atoms with Crippen LogP contribution in [-0.2, 0) is 0 Å². The number of nitrogens with zero attached hydrogens (tertiary/aromatic N) is 2. The van der Waals surface area contributed by atoms with Gasteiger partial charge in [0.1, 0.15) is 5.00 Å². The Balaban J connectivity index is 0.991. The fourth-order valence-electron chi connectivity index (χ4n) is 4.80. The summed E-state index contributed by atoms with van der Waals surface area (Å²) in [6, 6.07) is 27.2. The number of thiophene rings is 1. The number of hydrogen-bond acceptors (Lipinski definition) is 9. The third-order valence-corrected chi connectivity index (χ3v) is 8.93. The Labute approximate surface area is 248 Å². The Morgan fingerprint density at radius 3 is 2.39 bits per heavy atom. The molecule has 0 unspecified atom stereocenters. The lowest BCUT2D eigenvalue weighted by Crippen LogP contribution is -2.83. The van der Waals surface area contributed by atoms with E-state index in [1.165, 1.54) is 36.5 Å². The fraction of sp³-hybridized carbons (Fsp3) is 0.194. The van der Waals surface area contributed by atoms with Gasteiger partial charge in [-0.05, 0) is 74.7 Å². The van der Waals surface area contributed by atoms with Crippen LogP contribution in [-0.4, -0.2) is 18.1 Å². The zero-order chi connectivity index (χ0) is 28.0. The molecular formula is C31H35N8S2+. The Kier molecular flexibility index (Phi) is 8.22. The van der Waals surface area contributed by atoms with E-state index in [0.29, 0.717) is 0 Å². The van der Waals surface area contributed by atoms with Crippen LogP contribution in [0.15, 0.2) is 84.2 Å². The van der Waals surface area contributed by atoms with Crippen LogP contribution in [0.3, 0.4) is 0 Å². The number of hydrogen-bond donors (Lipinski definition) is 6. The first kappa shape index (κ1) is 26.9. The lowest BCUT2D eigenvalue weighted by atomic mass is 10.2. The van der Waals surface area contributed by atoms with Crippen molar-refractivity contribution in [1.29, 1.82) is 0 Å². The number of aryl methyl sites for hydroxylation is 2. The molecule has 6 rings (SSSR count). The third-order valence-electron chi connectivity index (χ3n) is 7.11. The molecule has 0 bridgehead atoms. The smallest absolute Gasteiger partial charge is 0.202 e. The number of benzene rings is 3. The summed E-state index contributed by atoms with van der Waals surface area (Å²) in [6.07, 6.45) is 2.58. The maximum Gasteiger partial charge on any atom is 0.202 e. The normalized spacial score (nSPS) is 12.8. The van der Waals surface area contributed by atoms with Gasteiger partial charge >= 0.3 is 0 Å². The number of thiazole rings is 1. The summed E-state index contributed by atoms with van der Waals surface area (Å²) in [4.78, 5) is 7.14. The summed E-state index contributed by atoms with van der Waals surface area (Å²) < 4.78 is 0. The monoisotopic (exact) mass is 583 g/mol. The average Bonchev–Trinajstić information content (AvgIpc) is 3.78. The SMILES string of the molecule is Cc1cc(N[NH2+]c2ccc(NNc3ccc(N4CCCC4)s3)cc2C)ccc1NNc1nc(-c2ccccc2)cs1. The van der Waals surface area contributed by atoms with E-state index in [1.54, 1.807) is 22.7 Å². The molecule has 3 heterocycles. The molecule has 210 valence electrons. The van der Waals surface area contributed by atoms with Crippen molar-refractivity contribution in [3.05, 3.63) is 95.4 Å². The Morgan fingerprint density at radius 2 is 1.59 bits per heavy atom. The lowest BCUT2D eigenvalue weighted by molar-refractivity contribution is -0.538. The van der Waals surface area contributed by atoms with Crippen molar-refractivity contribution in [2.24, 2.45) is 0 Å². The van der Waals surface area contributed by atoms with Gasteiger partial charge < -0.3 is 10.3 Å². The number of aromatic nitrogens is 1. The van der Waals surface area contributed by atoms with Gasteiger partial charge in [-0.25, -0.2) is 15.8 Å². The Hall–Kier alpha value is -4.25. The minimum Gasteiger partial charge on any atom is -0.363 e. The highest BCUT2D eigenvalue weighted by molar-refractivity contribution is 7.20. The van der Waals surface area contributed by atoms with E-state index in [2.05, 4.69) is 122 Å². The van der Waals surface area contributed by atoms with E-state index in [1.807, 2.05) is 18.2 Å². The summed E-state index contributed by atoms with van der Waals surface area (Å²) in [5, 5.41) is 5.34. The van der Waals surface area contributed by atoms with Gasteiger partial charge in [-0.2, -0.15) is 0 Å².